The highest BCUT2D eigenvalue weighted by atomic mass is 79.9. The maximum Gasteiger partial charge on any atom is 0.326 e. The second-order valence-corrected chi connectivity index (χ2v) is 5.99. The summed E-state index contributed by atoms with van der Waals surface area (Å²) in [5.41, 5.74) is -0.410. The van der Waals surface area contributed by atoms with E-state index in [1.54, 1.807) is 18.2 Å². The lowest BCUT2D eigenvalue weighted by Crippen LogP contribution is -2.43. The third-order valence-electron chi connectivity index (χ3n) is 4.17. The number of carbonyl (C=O) groups is 2. The van der Waals surface area contributed by atoms with E-state index in [-0.39, 0.29) is 12.5 Å². The van der Waals surface area contributed by atoms with Gasteiger partial charge in [-0.25, -0.2) is 4.79 Å². The number of hydrogen-bond donors (Lipinski definition) is 1. The van der Waals surface area contributed by atoms with Crippen LogP contribution in [-0.4, -0.2) is 41.9 Å². The van der Waals surface area contributed by atoms with Gasteiger partial charge in [0.05, 0.1) is 11.9 Å². The van der Waals surface area contributed by atoms with Crippen LogP contribution in [0.3, 0.4) is 0 Å². The average Bonchev–Trinajstić information content (AvgIpc) is 2.86. The number of amides is 3. The molecule has 24 heavy (non-hydrogen) atoms. The predicted octanol–water partition coefficient (Wildman–Crippen LogP) is 2.01. The molecule has 1 aromatic carbocycles. The first-order valence-electron chi connectivity index (χ1n) is 7.68. The van der Waals surface area contributed by atoms with E-state index in [0.717, 1.165) is 4.90 Å². The Bertz CT molecular complexity index is 740. The zero-order valence-corrected chi connectivity index (χ0v) is 14.8. The van der Waals surface area contributed by atoms with Gasteiger partial charge in [0, 0.05) is 0 Å². The minimum atomic E-state index is -1.09. The fourth-order valence-electron chi connectivity index (χ4n) is 2.90. The normalized spacial score (nSPS) is 22.0. The van der Waals surface area contributed by atoms with Crippen LogP contribution in [-0.2, 0) is 10.3 Å². The molecule has 1 unspecified atom stereocenters. The van der Waals surface area contributed by atoms with E-state index in [9.17, 15) is 9.59 Å². The summed E-state index contributed by atoms with van der Waals surface area (Å²) in [6, 6.07) is 4.90. The van der Waals surface area contributed by atoms with Gasteiger partial charge in [0.25, 0.3) is 5.91 Å². The zero-order valence-electron chi connectivity index (χ0n) is 13.2. The molecule has 1 atom stereocenters. The van der Waals surface area contributed by atoms with Gasteiger partial charge in [0.15, 0.2) is 11.5 Å². The number of carbonyl (C=O) groups excluding carboxylic acids is 2. The van der Waals surface area contributed by atoms with Gasteiger partial charge >= 0.3 is 6.03 Å². The maximum absolute atomic E-state index is 12.9. The lowest BCUT2D eigenvalue weighted by molar-refractivity contribution is -0.131. The number of fused-ring (bicyclic) bond motifs is 1. The van der Waals surface area contributed by atoms with Crippen LogP contribution in [0.4, 0.5) is 4.79 Å². The molecule has 3 rings (SSSR count). The molecule has 2 aliphatic heterocycles. The zero-order chi connectivity index (χ0) is 17.2. The summed E-state index contributed by atoms with van der Waals surface area (Å²) in [4.78, 5) is 26.3. The topological polar surface area (TPSA) is 67.9 Å². The number of rotatable bonds is 3. The fourth-order valence-corrected chi connectivity index (χ4v) is 3.10. The van der Waals surface area contributed by atoms with Gasteiger partial charge < -0.3 is 14.8 Å². The third kappa shape index (κ3) is 2.71. The highest BCUT2D eigenvalue weighted by Crippen LogP contribution is 2.38. The lowest BCUT2D eigenvalue weighted by atomic mass is 9.87. The van der Waals surface area contributed by atoms with Gasteiger partial charge in [-0.1, -0.05) is 40.8 Å². The van der Waals surface area contributed by atoms with Crippen LogP contribution in [0.2, 0.25) is 0 Å². The number of nitrogens with zero attached hydrogens (tertiary/aromatic N) is 1. The van der Waals surface area contributed by atoms with Crippen LogP contribution in [0.1, 0.15) is 18.9 Å². The molecule has 1 aromatic rings. The molecule has 0 saturated carbocycles. The summed E-state index contributed by atoms with van der Waals surface area (Å²) in [5, 5.41) is 3.33. The van der Waals surface area contributed by atoms with Crippen LogP contribution in [0.15, 0.2) is 18.2 Å². The molecular weight excluding hydrogens is 376 g/mol. The second kappa shape index (κ2) is 6.73. The number of benzene rings is 1. The molecule has 7 heteroatoms. The van der Waals surface area contributed by atoms with Crippen molar-refractivity contribution in [3.05, 3.63) is 23.8 Å². The summed E-state index contributed by atoms with van der Waals surface area (Å²) in [7, 11) is 0. The summed E-state index contributed by atoms with van der Waals surface area (Å²) >= 11 is 3.19. The molecule has 2 heterocycles. The van der Waals surface area contributed by atoms with Gasteiger partial charge in [0.2, 0.25) is 0 Å². The van der Waals surface area contributed by atoms with Crippen molar-refractivity contribution >= 4 is 27.9 Å². The third-order valence-corrected chi connectivity index (χ3v) is 4.45. The van der Waals surface area contributed by atoms with Crippen molar-refractivity contribution in [2.24, 2.45) is 0 Å². The molecule has 0 aromatic heterocycles. The summed E-state index contributed by atoms with van der Waals surface area (Å²) in [6.07, 6.45) is 0.430. The number of ether oxygens (including phenoxy) is 2. The fraction of sp³-hybridized carbons (Fsp3) is 0.412. The molecule has 6 nitrogen and oxygen atoms in total. The van der Waals surface area contributed by atoms with E-state index in [4.69, 9.17) is 9.47 Å². The van der Waals surface area contributed by atoms with E-state index < -0.39 is 11.6 Å². The van der Waals surface area contributed by atoms with Crippen molar-refractivity contribution in [2.75, 3.05) is 25.1 Å². The molecule has 3 amide bonds. The van der Waals surface area contributed by atoms with Crippen molar-refractivity contribution in [3.63, 3.8) is 0 Å². The molecule has 1 saturated heterocycles. The predicted molar refractivity (Wildman–Crippen MR) is 91.2 cm³/mol. The highest BCUT2D eigenvalue weighted by molar-refractivity contribution is 9.09. The van der Waals surface area contributed by atoms with E-state index >= 15 is 0 Å². The quantitative estimate of drug-likeness (QED) is 0.485. The number of imide groups is 1. The first kappa shape index (κ1) is 16.7. The molecule has 0 spiro atoms. The first-order chi connectivity index (χ1) is 11.6. The minimum Gasteiger partial charge on any atom is -0.486 e. The van der Waals surface area contributed by atoms with Crippen molar-refractivity contribution in [1.29, 1.82) is 0 Å². The standard InChI is InChI=1S/C17H17BrN2O4/c1-2-17(12-5-6-13-14(11-12)24-10-9-23-13)15(21)20(16(22)19-17)8-4-3-7-18/h5-6,11H,2,7-10H2,1H3,(H,19,22). The van der Waals surface area contributed by atoms with Gasteiger partial charge in [-0.05, 0) is 24.1 Å². The Morgan fingerprint density at radius 2 is 2.00 bits per heavy atom. The van der Waals surface area contributed by atoms with Crippen molar-refractivity contribution in [1.82, 2.24) is 10.2 Å². The minimum absolute atomic E-state index is 0.0720. The Labute approximate surface area is 148 Å². The van der Waals surface area contributed by atoms with E-state index in [0.29, 0.717) is 42.0 Å². The Hall–Kier alpha value is -2.20. The van der Waals surface area contributed by atoms with Gasteiger partial charge in [-0.3, -0.25) is 9.69 Å². The van der Waals surface area contributed by atoms with Crippen molar-refractivity contribution in [2.45, 2.75) is 18.9 Å². The van der Waals surface area contributed by atoms with Gasteiger partial charge in [-0.15, -0.1) is 0 Å². The van der Waals surface area contributed by atoms with Crippen molar-refractivity contribution in [3.8, 4) is 23.3 Å². The molecule has 1 fully saturated rings. The van der Waals surface area contributed by atoms with Crippen LogP contribution in [0.25, 0.3) is 0 Å². The number of halogens is 1. The summed E-state index contributed by atoms with van der Waals surface area (Å²) < 4.78 is 11.1. The Balaban J connectivity index is 1.95. The Kier molecular flexibility index (Phi) is 4.67. The van der Waals surface area contributed by atoms with Crippen LogP contribution >= 0.6 is 15.9 Å². The highest BCUT2D eigenvalue weighted by Gasteiger charge is 2.51. The number of hydrogen-bond acceptors (Lipinski definition) is 4. The molecular formula is C17H17BrN2O4. The Morgan fingerprint density at radius 1 is 1.25 bits per heavy atom. The largest absolute Gasteiger partial charge is 0.486 e. The molecule has 0 aliphatic carbocycles. The van der Waals surface area contributed by atoms with Gasteiger partial charge in [0.1, 0.15) is 18.8 Å². The number of alkyl halides is 1. The molecule has 2 aliphatic rings. The smallest absolute Gasteiger partial charge is 0.326 e. The van der Waals surface area contributed by atoms with E-state index in [1.165, 1.54) is 0 Å². The van der Waals surface area contributed by atoms with Gasteiger partial charge in [-0.2, -0.15) is 0 Å². The molecule has 126 valence electrons. The first-order valence-corrected chi connectivity index (χ1v) is 8.80. The monoisotopic (exact) mass is 392 g/mol. The van der Waals surface area contributed by atoms with E-state index in [1.807, 2.05) is 6.92 Å². The summed E-state index contributed by atoms with van der Waals surface area (Å²) in [6.45, 7) is 2.90. The average molecular weight is 393 g/mol. The SMILES string of the molecule is CCC1(c2ccc3c(c2)OCCO3)NC(=O)N(CC#CCBr)C1=O. The Morgan fingerprint density at radius 3 is 2.71 bits per heavy atom. The maximum atomic E-state index is 12.9. The molecule has 0 bridgehead atoms. The lowest BCUT2D eigenvalue weighted by Gasteiger charge is -2.27. The van der Waals surface area contributed by atoms with Crippen LogP contribution < -0.4 is 14.8 Å². The van der Waals surface area contributed by atoms with Crippen LogP contribution in [0.5, 0.6) is 11.5 Å². The molecule has 1 N–H and O–H groups in total. The van der Waals surface area contributed by atoms with Crippen molar-refractivity contribution < 1.29 is 19.1 Å². The molecule has 0 radical (unpaired) electrons. The summed E-state index contributed by atoms with van der Waals surface area (Å²) in [5.74, 6) is 6.54. The number of nitrogens with one attached hydrogen (secondary N) is 1. The van der Waals surface area contributed by atoms with E-state index in [2.05, 4.69) is 33.1 Å². The van der Waals surface area contributed by atoms with Crippen LogP contribution in [0, 0.1) is 11.8 Å². The number of urea groups is 1. The second-order valence-electron chi connectivity index (χ2n) is 5.43.